The van der Waals surface area contributed by atoms with Crippen LogP contribution in [0.15, 0.2) is 24.3 Å². The Kier molecular flexibility index (Phi) is 3.51. The number of nitrogens with two attached hydrogens (primary N) is 1. The number of anilines is 2. The van der Waals surface area contributed by atoms with E-state index in [0.29, 0.717) is 6.04 Å². The van der Waals surface area contributed by atoms with Gasteiger partial charge in [-0.1, -0.05) is 6.92 Å². The van der Waals surface area contributed by atoms with Crippen molar-refractivity contribution in [1.82, 2.24) is 4.98 Å². The lowest BCUT2D eigenvalue weighted by molar-refractivity contribution is 0.361. The largest absolute Gasteiger partial charge is 0.399 e. The van der Waals surface area contributed by atoms with Crippen LogP contribution in [0.1, 0.15) is 38.3 Å². The SMILES string of the molecule is Cc1cc(NC2CCC(C)CC2)c2cc(N)ccc2n1. The van der Waals surface area contributed by atoms with Crippen LogP contribution < -0.4 is 11.1 Å². The predicted octanol–water partition coefficient (Wildman–Crippen LogP) is 4.12. The maximum atomic E-state index is 5.93. The van der Waals surface area contributed by atoms with Crippen LogP contribution in [0.25, 0.3) is 10.9 Å². The van der Waals surface area contributed by atoms with E-state index in [4.69, 9.17) is 5.73 Å². The molecule has 3 rings (SSSR count). The van der Waals surface area contributed by atoms with Gasteiger partial charge in [0.05, 0.1) is 5.52 Å². The van der Waals surface area contributed by atoms with E-state index in [1.165, 1.54) is 31.4 Å². The first kappa shape index (κ1) is 13.2. The van der Waals surface area contributed by atoms with Crippen LogP contribution in [0.5, 0.6) is 0 Å². The van der Waals surface area contributed by atoms with Gasteiger partial charge in [-0.25, -0.2) is 0 Å². The van der Waals surface area contributed by atoms with Gasteiger partial charge in [-0.2, -0.15) is 0 Å². The molecule has 1 saturated carbocycles. The van der Waals surface area contributed by atoms with Crippen molar-refractivity contribution in [3.8, 4) is 0 Å². The van der Waals surface area contributed by atoms with Crippen LogP contribution in [0.3, 0.4) is 0 Å². The molecule has 3 N–H and O–H groups in total. The zero-order valence-electron chi connectivity index (χ0n) is 12.3. The van der Waals surface area contributed by atoms with Gasteiger partial charge in [0.15, 0.2) is 0 Å². The topological polar surface area (TPSA) is 50.9 Å². The fourth-order valence-electron chi connectivity index (χ4n) is 3.12. The summed E-state index contributed by atoms with van der Waals surface area (Å²) in [5.41, 5.74) is 9.97. The van der Waals surface area contributed by atoms with E-state index >= 15 is 0 Å². The molecule has 1 heterocycles. The highest BCUT2D eigenvalue weighted by Gasteiger charge is 2.18. The zero-order valence-corrected chi connectivity index (χ0v) is 12.3. The van der Waals surface area contributed by atoms with Crippen LogP contribution in [-0.2, 0) is 0 Å². The van der Waals surface area contributed by atoms with Gasteiger partial charge in [-0.05, 0) is 62.8 Å². The molecule has 0 bridgehead atoms. The summed E-state index contributed by atoms with van der Waals surface area (Å²) in [5, 5.41) is 4.85. The molecule has 1 aliphatic carbocycles. The fourth-order valence-corrected chi connectivity index (χ4v) is 3.12. The average Bonchev–Trinajstić information content (AvgIpc) is 2.42. The summed E-state index contributed by atoms with van der Waals surface area (Å²) < 4.78 is 0. The smallest absolute Gasteiger partial charge is 0.0727 e. The van der Waals surface area contributed by atoms with E-state index < -0.39 is 0 Å². The van der Waals surface area contributed by atoms with Crippen LogP contribution >= 0.6 is 0 Å². The minimum absolute atomic E-state index is 0.581. The van der Waals surface area contributed by atoms with E-state index in [1.807, 2.05) is 25.1 Å². The van der Waals surface area contributed by atoms with Gasteiger partial charge >= 0.3 is 0 Å². The normalized spacial score (nSPS) is 22.9. The summed E-state index contributed by atoms with van der Waals surface area (Å²) in [6, 6.07) is 8.67. The van der Waals surface area contributed by atoms with Crippen molar-refractivity contribution < 1.29 is 0 Å². The lowest BCUT2D eigenvalue weighted by Crippen LogP contribution is -2.25. The first-order valence-electron chi connectivity index (χ1n) is 7.55. The first-order chi connectivity index (χ1) is 9.61. The molecule has 2 aromatic rings. The number of nitrogen functional groups attached to an aromatic ring is 1. The molecule has 0 saturated heterocycles. The zero-order chi connectivity index (χ0) is 14.1. The minimum atomic E-state index is 0.581. The molecular formula is C17H23N3. The molecule has 0 unspecified atom stereocenters. The lowest BCUT2D eigenvalue weighted by atomic mass is 9.87. The van der Waals surface area contributed by atoms with Crippen molar-refractivity contribution in [2.45, 2.75) is 45.6 Å². The number of benzene rings is 1. The number of pyridine rings is 1. The summed E-state index contributed by atoms with van der Waals surface area (Å²) in [6.07, 6.45) is 5.16. The van der Waals surface area contributed by atoms with E-state index in [2.05, 4.69) is 23.3 Å². The third-order valence-corrected chi connectivity index (χ3v) is 4.34. The Labute approximate surface area is 120 Å². The van der Waals surface area contributed by atoms with Crippen LogP contribution in [0.2, 0.25) is 0 Å². The van der Waals surface area contributed by atoms with Gasteiger partial charge < -0.3 is 11.1 Å². The van der Waals surface area contributed by atoms with Crippen molar-refractivity contribution in [1.29, 1.82) is 0 Å². The fraction of sp³-hybridized carbons (Fsp3) is 0.471. The van der Waals surface area contributed by atoms with E-state index in [0.717, 1.165) is 28.2 Å². The third-order valence-electron chi connectivity index (χ3n) is 4.34. The Morgan fingerprint density at radius 2 is 1.90 bits per heavy atom. The number of nitrogens with one attached hydrogen (secondary N) is 1. The van der Waals surface area contributed by atoms with Crippen LogP contribution in [0.4, 0.5) is 11.4 Å². The molecule has 0 aliphatic heterocycles. The van der Waals surface area contributed by atoms with Gasteiger partial charge in [-0.15, -0.1) is 0 Å². The third kappa shape index (κ3) is 2.72. The molecule has 0 amide bonds. The Hall–Kier alpha value is -1.77. The molecule has 1 aromatic carbocycles. The summed E-state index contributed by atoms with van der Waals surface area (Å²) in [5.74, 6) is 0.875. The predicted molar refractivity (Wildman–Crippen MR) is 85.9 cm³/mol. The molecule has 0 atom stereocenters. The van der Waals surface area contributed by atoms with Crippen molar-refractivity contribution in [2.24, 2.45) is 5.92 Å². The van der Waals surface area contributed by atoms with Crippen molar-refractivity contribution in [3.63, 3.8) is 0 Å². The standard InChI is InChI=1S/C17H23N3/c1-11-3-6-14(7-4-11)20-17-9-12(2)19-16-8-5-13(18)10-15(16)17/h5,8-11,14H,3-4,6-7,18H2,1-2H3,(H,19,20). The number of hydrogen-bond acceptors (Lipinski definition) is 3. The summed E-state index contributed by atoms with van der Waals surface area (Å²) in [6.45, 7) is 4.40. The Morgan fingerprint density at radius 1 is 1.15 bits per heavy atom. The van der Waals surface area contributed by atoms with Gasteiger partial charge in [-0.3, -0.25) is 4.98 Å². The monoisotopic (exact) mass is 269 g/mol. The van der Waals surface area contributed by atoms with Crippen molar-refractivity contribution in [2.75, 3.05) is 11.1 Å². The maximum Gasteiger partial charge on any atom is 0.0727 e. The van der Waals surface area contributed by atoms with Crippen molar-refractivity contribution in [3.05, 3.63) is 30.0 Å². The molecule has 20 heavy (non-hydrogen) atoms. The highest BCUT2D eigenvalue weighted by Crippen LogP contribution is 2.30. The first-order valence-corrected chi connectivity index (χ1v) is 7.55. The van der Waals surface area contributed by atoms with E-state index in [-0.39, 0.29) is 0 Å². The number of aryl methyl sites for hydroxylation is 1. The molecule has 106 valence electrons. The number of aromatic nitrogens is 1. The average molecular weight is 269 g/mol. The number of rotatable bonds is 2. The number of nitrogens with zero attached hydrogens (tertiary/aromatic N) is 1. The second-order valence-electron chi connectivity index (χ2n) is 6.19. The Balaban J connectivity index is 1.92. The second-order valence-corrected chi connectivity index (χ2v) is 6.19. The van der Waals surface area contributed by atoms with Crippen LogP contribution in [0, 0.1) is 12.8 Å². The van der Waals surface area contributed by atoms with Gasteiger partial charge in [0.1, 0.15) is 0 Å². The molecule has 3 heteroatoms. The van der Waals surface area contributed by atoms with Crippen molar-refractivity contribution >= 4 is 22.3 Å². The lowest BCUT2D eigenvalue weighted by Gasteiger charge is -2.28. The molecule has 3 nitrogen and oxygen atoms in total. The van der Waals surface area contributed by atoms with Crippen LogP contribution in [-0.4, -0.2) is 11.0 Å². The highest BCUT2D eigenvalue weighted by atomic mass is 14.9. The summed E-state index contributed by atoms with van der Waals surface area (Å²) in [7, 11) is 0. The molecule has 0 spiro atoms. The Bertz CT molecular complexity index is 613. The van der Waals surface area contributed by atoms with E-state index in [1.54, 1.807) is 0 Å². The molecule has 1 aromatic heterocycles. The quantitative estimate of drug-likeness (QED) is 0.806. The molecule has 0 radical (unpaired) electrons. The van der Waals surface area contributed by atoms with E-state index in [9.17, 15) is 0 Å². The summed E-state index contributed by atoms with van der Waals surface area (Å²) >= 11 is 0. The number of fused-ring (bicyclic) bond motifs is 1. The van der Waals surface area contributed by atoms with Gasteiger partial charge in [0.2, 0.25) is 0 Å². The molecular weight excluding hydrogens is 246 g/mol. The van der Waals surface area contributed by atoms with Gasteiger partial charge in [0, 0.05) is 28.5 Å². The maximum absolute atomic E-state index is 5.93. The molecule has 1 fully saturated rings. The summed E-state index contributed by atoms with van der Waals surface area (Å²) in [4.78, 5) is 4.59. The minimum Gasteiger partial charge on any atom is -0.399 e. The van der Waals surface area contributed by atoms with Gasteiger partial charge in [0.25, 0.3) is 0 Å². The second kappa shape index (κ2) is 5.31. The highest BCUT2D eigenvalue weighted by molar-refractivity contribution is 5.93. The molecule has 1 aliphatic rings. The number of hydrogen-bond donors (Lipinski definition) is 2. The Morgan fingerprint density at radius 3 is 2.65 bits per heavy atom.